The second-order valence-electron chi connectivity index (χ2n) is 5.14. The SMILES string of the molecule is CNCC1CCN(C(=O)OC(C)(C)C)C1. The van der Waals surface area contributed by atoms with Crippen LogP contribution in [0.4, 0.5) is 4.79 Å². The molecule has 1 heterocycles. The van der Waals surface area contributed by atoms with Crippen molar-refractivity contribution in [3.63, 3.8) is 0 Å². The van der Waals surface area contributed by atoms with E-state index in [-0.39, 0.29) is 6.09 Å². The van der Waals surface area contributed by atoms with E-state index in [1.807, 2.05) is 27.8 Å². The first-order valence-electron chi connectivity index (χ1n) is 5.55. The van der Waals surface area contributed by atoms with Crippen LogP contribution in [0.1, 0.15) is 27.2 Å². The molecule has 0 bridgehead atoms. The molecule has 0 saturated carbocycles. The average Bonchev–Trinajstić information content (AvgIpc) is 2.50. The molecule has 1 amide bonds. The highest BCUT2D eigenvalue weighted by molar-refractivity contribution is 5.68. The van der Waals surface area contributed by atoms with Crippen LogP contribution in [0.25, 0.3) is 0 Å². The fourth-order valence-corrected chi connectivity index (χ4v) is 1.78. The van der Waals surface area contributed by atoms with E-state index < -0.39 is 5.60 Å². The molecule has 15 heavy (non-hydrogen) atoms. The second kappa shape index (κ2) is 4.84. The minimum atomic E-state index is -0.391. The first-order valence-corrected chi connectivity index (χ1v) is 5.55. The average molecular weight is 214 g/mol. The Balaban J connectivity index is 2.37. The van der Waals surface area contributed by atoms with Gasteiger partial charge in [-0.05, 0) is 46.7 Å². The summed E-state index contributed by atoms with van der Waals surface area (Å²) in [6.07, 6.45) is 0.890. The summed E-state index contributed by atoms with van der Waals surface area (Å²) < 4.78 is 5.31. The molecule has 1 unspecified atom stereocenters. The Morgan fingerprint density at radius 2 is 2.20 bits per heavy atom. The zero-order chi connectivity index (χ0) is 11.5. The number of carbonyl (C=O) groups excluding carboxylic acids is 1. The van der Waals surface area contributed by atoms with E-state index in [4.69, 9.17) is 4.74 Å². The van der Waals surface area contributed by atoms with Crippen LogP contribution in [-0.4, -0.2) is 43.3 Å². The van der Waals surface area contributed by atoms with Crippen LogP contribution >= 0.6 is 0 Å². The van der Waals surface area contributed by atoms with Crippen molar-refractivity contribution < 1.29 is 9.53 Å². The van der Waals surface area contributed by atoms with Gasteiger partial charge in [-0.1, -0.05) is 0 Å². The largest absolute Gasteiger partial charge is 0.444 e. The summed E-state index contributed by atoms with van der Waals surface area (Å²) in [5.74, 6) is 0.572. The standard InChI is InChI=1S/C11H22N2O2/c1-11(2,3)15-10(14)13-6-5-9(8-13)7-12-4/h9,12H,5-8H2,1-4H3. The fourth-order valence-electron chi connectivity index (χ4n) is 1.78. The number of hydrogen-bond donors (Lipinski definition) is 1. The Bertz CT molecular complexity index is 223. The number of likely N-dealkylation sites (tertiary alicyclic amines) is 1. The molecule has 0 aromatic carbocycles. The van der Waals surface area contributed by atoms with E-state index in [0.717, 1.165) is 26.1 Å². The number of nitrogens with zero attached hydrogens (tertiary/aromatic N) is 1. The summed E-state index contributed by atoms with van der Waals surface area (Å²) in [5.41, 5.74) is -0.391. The molecule has 1 aliphatic rings. The van der Waals surface area contributed by atoms with E-state index in [1.54, 1.807) is 4.90 Å². The number of carbonyl (C=O) groups is 1. The smallest absolute Gasteiger partial charge is 0.410 e. The monoisotopic (exact) mass is 214 g/mol. The minimum Gasteiger partial charge on any atom is -0.444 e. The van der Waals surface area contributed by atoms with Crippen molar-refractivity contribution in [2.24, 2.45) is 5.92 Å². The van der Waals surface area contributed by atoms with Gasteiger partial charge in [-0.15, -0.1) is 0 Å². The second-order valence-corrected chi connectivity index (χ2v) is 5.14. The molecule has 0 aliphatic carbocycles. The lowest BCUT2D eigenvalue weighted by Crippen LogP contribution is -2.36. The summed E-state index contributed by atoms with van der Waals surface area (Å²) in [5, 5.41) is 3.14. The summed E-state index contributed by atoms with van der Waals surface area (Å²) in [7, 11) is 1.94. The van der Waals surface area contributed by atoms with Gasteiger partial charge < -0.3 is 15.0 Å². The third-order valence-corrected chi connectivity index (χ3v) is 2.43. The lowest BCUT2D eigenvalue weighted by Gasteiger charge is -2.24. The summed E-state index contributed by atoms with van der Waals surface area (Å²) in [6.45, 7) is 8.29. The first-order chi connectivity index (χ1) is 6.92. The molecule has 1 saturated heterocycles. The molecule has 1 N–H and O–H groups in total. The Hall–Kier alpha value is -0.770. The van der Waals surface area contributed by atoms with Gasteiger partial charge in [0.25, 0.3) is 0 Å². The van der Waals surface area contributed by atoms with Crippen molar-refractivity contribution in [2.45, 2.75) is 32.8 Å². The van der Waals surface area contributed by atoms with Crippen LogP contribution < -0.4 is 5.32 Å². The first kappa shape index (κ1) is 12.3. The lowest BCUT2D eigenvalue weighted by atomic mass is 10.1. The Labute approximate surface area is 92.0 Å². The molecule has 1 rings (SSSR count). The van der Waals surface area contributed by atoms with Crippen molar-refractivity contribution in [1.82, 2.24) is 10.2 Å². The molecule has 0 spiro atoms. The summed E-state index contributed by atoms with van der Waals surface area (Å²) in [4.78, 5) is 13.5. The molecule has 88 valence electrons. The fraction of sp³-hybridized carbons (Fsp3) is 0.909. The third kappa shape index (κ3) is 4.08. The van der Waals surface area contributed by atoms with E-state index in [9.17, 15) is 4.79 Å². The Morgan fingerprint density at radius 1 is 1.53 bits per heavy atom. The van der Waals surface area contributed by atoms with Crippen LogP contribution in [0.2, 0.25) is 0 Å². The number of hydrogen-bond acceptors (Lipinski definition) is 3. The van der Waals surface area contributed by atoms with Crippen molar-refractivity contribution >= 4 is 6.09 Å². The van der Waals surface area contributed by atoms with Crippen LogP contribution in [0.5, 0.6) is 0 Å². The van der Waals surface area contributed by atoms with Gasteiger partial charge in [0.05, 0.1) is 0 Å². The van der Waals surface area contributed by atoms with E-state index in [2.05, 4.69) is 5.32 Å². The highest BCUT2D eigenvalue weighted by Crippen LogP contribution is 2.18. The highest BCUT2D eigenvalue weighted by atomic mass is 16.6. The van der Waals surface area contributed by atoms with E-state index >= 15 is 0 Å². The van der Waals surface area contributed by atoms with Crippen molar-refractivity contribution in [1.29, 1.82) is 0 Å². The number of amides is 1. The number of ether oxygens (including phenoxy) is 1. The molecule has 1 atom stereocenters. The minimum absolute atomic E-state index is 0.180. The zero-order valence-corrected chi connectivity index (χ0v) is 10.2. The number of nitrogens with one attached hydrogen (secondary N) is 1. The van der Waals surface area contributed by atoms with Crippen LogP contribution in [0.3, 0.4) is 0 Å². The van der Waals surface area contributed by atoms with Gasteiger partial charge in [-0.25, -0.2) is 4.79 Å². The molecule has 0 aromatic rings. The van der Waals surface area contributed by atoms with Crippen LogP contribution in [0.15, 0.2) is 0 Å². The molecule has 1 aliphatic heterocycles. The van der Waals surface area contributed by atoms with E-state index in [0.29, 0.717) is 5.92 Å². The number of rotatable bonds is 2. The summed E-state index contributed by atoms with van der Waals surface area (Å²) in [6, 6.07) is 0. The Morgan fingerprint density at radius 3 is 2.73 bits per heavy atom. The van der Waals surface area contributed by atoms with Gasteiger partial charge in [0.15, 0.2) is 0 Å². The van der Waals surface area contributed by atoms with Crippen molar-refractivity contribution in [3.05, 3.63) is 0 Å². The maximum absolute atomic E-state index is 11.7. The van der Waals surface area contributed by atoms with Gasteiger partial charge in [-0.2, -0.15) is 0 Å². The third-order valence-electron chi connectivity index (χ3n) is 2.43. The molecule has 0 aromatic heterocycles. The maximum Gasteiger partial charge on any atom is 0.410 e. The van der Waals surface area contributed by atoms with Gasteiger partial charge in [0.2, 0.25) is 0 Å². The molecule has 4 heteroatoms. The van der Waals surface area contributed by atoms with Gasteiger partial charge >= 0.3 is 6.09 Å². The topological polar surface area (TPSA) is 41.6 Å². The van der Waals surface area contributed by atoms with Crippen molar-refractivity contribution in [2.75, 3.05) is 26.7 Å². The van der Waals surface area contributed by atoms with E-state index in [1.165, 1.54) is 0 Å². The molecule has 0 radical (unpaired) electrons. The van der Waals surface area contributed by atoms with Gasteiger partial charge in [-0.3, -0.25) is 0 Å². The molecule has 4 nitrogen and oxygen atoms in total. The molecule has 1 fully saturated rings. The Kier molecular flexibility index (Phi) is 3.97. The molecular weight excluding hydrogens is 192 g/mol. The van der Waals surface area contributed by atoms with Crippen molar-refractivity contribution in [3.8, 4) is 0 Å². The van der Waals surface area contributed by atoms with Crippen LogP contribution in [-0.2, 0) is 4.74 Å². The zero-order valence-electron chi connectivity index (χ0n) is 10.2. The van der Waals surface area contributed by atoms with Gasteiger partial charge in [0, 0.05) is 13.1 Å². The van der Waals surface area contributed by atoms with Gasteiger partial charge in [0.1, 0.15) is 5.60 Å². The quantitative estimate of drug-likeness (QED) is 0.756. The predicted octanol–water partition coefficient (Wildman–Crippen LogP) is 1.46. The van der Waals surface area contributed by atoms with Crippen LogP contribution in [0, 0.1) is 5.92 Å². The lowest BCUT2D eigenvalue weighted by molar-refractivity contribution is 0.0288. The molecular formula is C11H22N2O2. The predicted molar refractivity (Wildman–Crippen MR) is 59.8 cm³/mol. The summed E-state index contributed by atoms with van der Waals surface area (Å²) >= 11 is 0. The maximum atomic E-state index is 11.7. The normalized spacial score (nSPS) is 21.9. The highest BCUT2D eigenvalue weighted by Gasteiger charge is 2.29.